The fourth-order valence-electron chi connectivity index (χ4n) is 2.36. The SMILES string of the molecule is Cc1ccc(NCCOc2cc(C)c(Cl)c(C)c2)c(C)c1. The number of halogens is 1. The number of nitrogens with one attached hydrogen (secondary N) is 1. The molecule has 0 aliphatic carbocycles. The Hall–Kier alpha value is -1.67. The summed E-state index contributed by atoms with van der Waals surface area (Å²) in [5, 5.41) is 4.22. The highest BCUT2D eigenvalue weighted by atomic mass is 35.5. The average Bonchev–Trinajstić information content (AvgIpc) is 2.42. The Morgan fingerprint density at radius 3 is 2.24 bits per heavy atom. The summed E-state index contributed by atoms with van der Waals surface area (Å²) in [5.74, 6) is 0.872. The van der Waals surface area contributed by atoms with E-state index in [2.05, 4.69) is 37.4 Å². The number of rotatable bonds is 5. The molecule has 2 aromatic rings. The van der Waals surface area contributed by atoms with Gasteiger partial charge in [-0.05, 0) is 62.6 Å². The maximum absolute atomic E-state index is 6.15. The van der Waals surface area contributed by atoms with E-state index in [-0.39, 0.29) is 0 Å². The molecular formula is C18H22ClNO. The third kappa shape index (κ3) is 4.15. The van der Waals surface area contributed by atoms with Gasteiger partial charge in [0, 0.05) is 17.3 Å². The van der Waals surface area contributed by atoms with Crippen molar-refractivity contribution < 1.29 is 4.74 Å². The molecule has 0 aromatic heterocycles. The number of hydrogen-bond donors (Lipinski definition) is 1. The van der Waals surface area contributed by atoms with Crippen molar-refractivity contribution in [3.8, 4) is 5.75 Å². The summed E-state index contributed by atoms with van der Waals surface area (Å²) in [4.78, 5) is 0. The fraction of sp³-hybridized carbons (Fsp3) is 0.333. The molecule has 3 heteroatoms. The van der Waals surface area contributed by atoms with Gasteiger partial charge in [0.2, 0.25) is 0 Å². The molecule has 112 valence electrons. The first-order chi connectivity index (χ1) is 9.97. The highest BCUT2D eigenvalue weighted by Gasteiger charge is 2.03. The molecule has 0 heterocycles. The lowest BCUT2D eigenvalue weighted by atomic mass is 10.1. The summed E-state index contributed by atoms with van der Waals surface area (Å²) in [6, 6.07) is 10.4. The summed E-state index contributed by atoms with van der Waals surface area (Å²) in [7, 11) is 0. The Balaban J connectivity index is 1.87. The van der Waals surface area contributed by atoms with Gasteiger partial charge in [-0.15, -0.1) is 0 Å². The largest absolute Gasteiger partial charge is 0.492 e. The Labute approximate surface area is 132 Å². The maximum Gasteiger partial charge on any atom is 0.120 e. The molecule has 2 aromatic carbocycles. The first-order valence-corrected chi connectivity index (χ1v) is 7.56. The van der Waals surface area contributed by atoms with Crippen molar-refractivity contribution in [2.45, 2.75) is 27.7 Å². The quantitative estimate of drug-likeness (QED) is 0.779. The second-order valence-electron chi connectivity index (χ2n) is 5.46. The molecule has 0 aliphatic heterocycles. The summed E-state index contributed by atoms with van der Waals surface area (Å²) in [5.41, 5.74) is 5.80. The van der Waals surface area contributed by atoms with E-state index in [1.807, 2.05) is 26.0 Å². The number of benzene rings is 2. The van der Waals surface area contributed by atoms with Gasteiger partial charge in [0.05, 0.1) is 0 Å². The van der Waals surface area contributed by atoms with Crippen LogP contribution in [0.2, 0.25) is 5.02 Å². The predicted molar refractivity (Wildman–Crippen MR) is 90.8 cm³/mol. The fourth-order valence-corrected chi connectivity index (χ4v) is 2.47. The van der Waals surface area contributed by atoms with E-state index in [1.165, 1.54) is 11.1 Å². The monoisotopic (exact) mass is 303 g/mol. The Kier molecular flexibility index (Phi) is 5.13. The average molecular weight is 304 g/mol. The molecule has 0 amide bonds. The van der Waals surface area contributed by atoms with Gasteiger partial charge in [0.25, 0.3) is 0 Å². The Bertz CT molecular complexity index is 614. The van der Waals surface area contributed by atoms with Crippen molar-refractivity contribution in [3.05, 3.63) is 57.6 Å². The van der Waals surface area contributed by atoms with Crippen molar-refractivity contribution >= 4 is 17.3 Å². The molecule has 0 radical (unpaired) electrons. The predicted octanol–water partition coefficient (Wildman–Crippen LogP) is 5.06. The molecule has 0 bridgehead atoms. The molecule has 0 unspecified atom stereocenters. The summed E-state index contributed by atoms with van der Waals surface area (Å²) in [6.45, 7) is 9.60. The highest BCUT2D eigenvalue weighted by Crippen LogP contribution is 2.25. The third-order valence-corrected chi connectivity index (χ3v) is 4.07. The highest BCUT2D eigenvalue weighted by molar-refractivity contribution is 6.32. The van der Waals surface area contributed by atoms with Gasteiger partial charge in [-0.1, -0.05) is 29.3 Å². The van der Waals surface area contributed by atoms with Gasteiger partial charge in [-0.2, -0.15) is 0 Å². The molecule has 2 nitrogen and oxygen atoms in total. The van der Waals surface area contributed by atoms with Crippen molar-refractivity contribution in [3.63, 3.8) is 0 Å². The van der Waals surface area contributed by atoms with Gasteiger partial charge in [-0.3, -0.25) is 0 Å². The maximum atomic E-state index is 6.15. The number of anilines is 1. The van der Waals surface area contributed by atoms with Crippen LogP contribution in [0.1, 0.15) is 22.3 Å². The molecule has 0 saturated carbocycles. The minimum absolute atomic E-state index is 0.619. The normalized spacial score (nSPS) is 10.5. The lowest BCUT2D eigenvalue weighted by molar-refractivity contribution is 0.332. The van der Waals surface area contributed by atoms with Crippen LogP contribution in [0.4, 0.5) is 5.69 Å². The van der Waals surface area contributed by atoms with E-state index in [9.17, 15) is 0 Å². The summed E-state index contributed by atoms with van der Waals surface area (Å²) < 4.78 is 5.79. The van der Waals surface area contributed by atoms with Crippen LogP contribution in [0.25, 0.3) is 0 Å². The number of hydrogen-bond acceptors (Lipinski definition) is 2. The van der Waals surface area contributed by atoms with Crippen LogP contribution in [-0.4, -0.2) is 13.2 Å². The summed E-state index contributed by atoms with van der Waals surface area (Å²) >= 11 is 6.15. The van der Waals surface area contributed by atoms with Crippen LogP contribution < -0.4 is 10.1 Å². The van der Waals surface area contributed by atoms with E-state index in [4.69, 9.17) is 16.3 Å². The van der Waals surface area contributed by atoms with Crippen molar-refractivity contribution in [1.29, 1.82) is 0 Å². The first kappa shape index (κ1) is 15.7. The minimum atomic E-state index is 0.619. The molecule has 2 rings (SSSR count). The smallest absolute Gasteiger partial charge is 0.120 e. The van der Waals surface area contributed by atoms with E-state index in [0.717, 1.165) is 34.1 Å². The van der Waals surface area contributed by atoms with Gasteiger partial charge < -0.3 is 10.1 Å². The van der Waals surface area contributed by atoms with Gasteiger partial charge in [0.15, 0.2) is 0 Å². The lowest BCUT2D eigenvalue weighted by Crippen LogP contribution is -2.12. The molecule has 0 atom stereocenters. The molecule has 21 heavy (non-hydrogen) atoms. The van der Waals surface area contributed by atoms with Gasteiger partial charge >= 0.3 is 0 Å². The topological polar surface area (TPSA) is 21.3 Å². The second-order valence-corrected chi connectivity index (χ2v) is 5.84. The molecule has 0 aliphatic rings. The van der Waals surface area contributed by atoms with E-state index >= 15 is 0 Å². The van der Waals surface area contributed by atoms with E-state index in [1.54, 1.807) is 0 Å². The van der Waals surface area contributed by atoms with E-state index < -0.39 is 0 Å². The zero-order valence-electron chi connectivity index (χ0n) is 13.1. The third-order valence-electron chi connectivity index (χ3n) is 3.48. The number of aryl methyl sites for hydroxylation is 4. The summed E-state index contributed by atoms with van der Waals surface area (Å²) in [6.07, 6.45) is 0. The molecule has 0 fully saturated rings. The molecule has 1 N–H and O–H groups in total. The molecular weight excluding hydrogens is 282 g/mol. The van der Waals surface area contributed by atoms with Crippen LogP contribution in [0.5, 0.6) is 5.75 Å². The van der Waals surface area contributed by atoms with Crippen molar-refractivity contribution in [2.24, 2.45) is 0 Å². The zero-order valence-corrected chi connectivity index (χ0v) is 13.8. The van der Waals surface area contributed by atoms with Crippen LogP contribution >= 0.6 is 11.6 Å². The van der Waals surface area contributed by atoms with Crippen LogP contribution in [0, 0.1) is 27.7 Å². The number of ether oxygens (including phenoxy) is 1. The second kappa shape index (κ2) is 6.86. The van der Waals surface area contributed by atoms with Crippen LogP contribution in [0.15, 0.2) is 30.3 Å². The van der Waals surface area contributed by atoms with E-state index in [0.29, 0.717) is 6.61 Å². The Morgan fingerprint density at radius 2 is 1.62 bits per heavy atom. The van der Waals surface area contributed by atoms with Crippen LogP contribution in [0.3, 0.4) is 0 Å². The van der Waals surface area contributed by atoms with Crippen molar-refractivity contribution in [1.82, 2.24) is 0 Å². The van der Waals surface area contributed by atoms with Crippen LogP contribution in [-0.2, 0) is 0 Å². The minimum Gasteiger partial charge on any atom is -0.492 e. The van der Waals surface area contributed by atoms with Gasteiger partial charge in [-0.25, -0.2) is 0 Å². The first-order valence-electron chi connectivity index (χ1n) is 7.18. The Morgan fingerprint density at radius 1 is 0.952 bits per heavy atom. The van der Waals surface area contributed by atoms with Crippen molar-refractivity contribution in [2.75, 3.05) is 18.5 Å². The molecule has 0 spiro atoms. The zero-order chi connectivity index (χ0) is 15.4. The van der Waals surface area contributed by atoms with Gasteiger partial charge in [0.1, 0.15) is 12.4 Å². The standard InChI is InChI=1S/C18H22ClNO/c1-12-5-6-17(13(2)9-12)20-7-8-21-16-10-14(3)18(19)15(4)11-16/h5-6,9-11,20H,7-8H2,1-4H3. The lowest BCUT2D eigenvalue weighted by Gasteiger charge is -2.12. The molecule has 0 saturated heterocycles.